The second kappa shape index (κ2) is 8.17. The quantitative estimate of drug-likeness (QED) is 0.706. The van der Waals surface area contributed by atoms with E-state index in [9.17, 15) is 4.79 Å². The topological polar surface area (TPSA) is 69.0 Å². The van der Waals surface area contributed by atoms with Crippen LogP contribution in [0.3, 0.4) is 0 Å². The largest absolute Gasteiger partial charge is 0.327 e. The van der Waals surface area contributed by atoms with Gasteiger partial charge in [-0.2, -0.15) is 5.26 Å². The number of amides is 2. The molecule has 0 bridgehead atoms. The Labute approximate surface area is 159 Å². The van der Waals surface area contributed by atoms with Crippen LogP contribution in [0.2, 0.25) is 0 Å². The summed E-state index contributed by atoms with van der Waals surface area (Å²) in [5.74, 6) is 0. The molecule has 2 rings (SSSR count). The zero-order valence-corrected chi connectivity index (χ0v) is 15.8. The van der Waals surface area contributed by atoms with Gasteiger partial charge in [-0.05, 0) is 37.3 Å². The Morgan fingerprint density at radius 3 is 2.80 bits per heavy atom. The monoisotopic (exact) mass is 392 g/mol. The van der Waals surface area contributed by atoms with Crippen molar-refractivity contribution in [1.29, 1.82) is 5.26 Å². The van der Waals surface area contributed by atoms with Crippen LogP contribution < -0.4 is 5.32 Å². The maximum absolute atomic E-state index is 12.3. The number of hydrogen-bond donors (Lipinski definition) is 1. The number of carbonyl (C=O) groups is 1. The number of aromatic nitrogens is 1. The van der Waals surface area contributed by atoms with Crippen molar-refractivity contribution in [2.24, 2.45) is 0 Å². The number of anilines is 1. The molecule has 1 heterocycles. The molecule has 5 nitrogen and oxygen atoms in total. The number of nitriles is 1. The molecule has 0 fully saturated rings. The zero-order valence-electron chi connectivity index (χ0n) is 13.5. The summed E-state index contributed by atoms with van der Waals surface area (Å²) in [5, 5.41) is 12.9. The first-order valence-corrected chi connectivity index (χ1v) is 8.63. The molecule has 0 aliphatic heterocycles. The van der Waals surface area contributed by atoms with E-state index in [4.69, 9.17) is 28.5 Å². The molecule has 0 unspecified atom stereocenters. The van der Waals surface area contributed by atoms with Crippen molar-refractivity contribution >= 4 is 55.9 Å². The van der Waals surface area contributed by atoms with E-state index >= 15 is 0 Å². The number of nitrogens with one attached hydrogen (secondary N) is 1. The molecule has 0 atom stereocenters. The number of thiazole rings is 1. The third-order valence-electron chi connectivity index (χ3n) is 3.22. The van der Waals surface area contributed by atoms with Crippen LogP contribution in [0.4, 0.5) is 9.93 Å². The smallest absolute Gasteiger partial charge is 0.298 e. The van der Waals surface area contributed by atoms with E-state index in [1.165, 1.54) is 16.2 Å². The van der Waals surface area contributed by atoms with E-state index in [1.807, 2.05) is 0 Å². The molecular formula is C17H14Cl2N4OS. The lowest BCUT2D eigenvalue weighted by Gasteiger charge is -2.16. The van der Waals surface area contributed by atoms with Crippen molar-refractivity contribution in [3.05, 3.63) is 58.3 Å². The molecule has 0 saturated carbocycles. The minimum absolute atomic E-state index is 0.371. The Hall–Kier alpha value is -2.33. The first-order valence-electron chi connectivity index (χ1n) is 7.06. The van der Waals surface area contributed by atoms with Gasteiger partial charge in [0.05, 0.1) is 26.9 Å². The summed E-state index contributed by atoms with van der Waals surface area (Å²) in [4.78, 5) is 18.0. The van der Waals surface area contributed by atoms with E-state index in [-0.39, 0.29) is 0 Å². The highest BCUT2D eigenvalue weighted by Crippen LogP contribution is 2.27. The summed E-state index contributed by atoms with van der Waals surface area (Å²) >= 11 is 13.0. The normalized spacial score (nSPS) is 12.0. The van der Waals surface area contributed by atoms with Gasteiger partial charge in [0, 0.05) is 17.8 Å². The van der Waals surface area contributed by atoms with Crippen LogP contribution in [0.5, 0.6) is 0 Å². The minimum atomic E-state index is -0.392. The lowest BCUT2D eigenvalue weighted by atomic mass is 10.2. The van der Waals surface area contributed by atoms with Crippen LogP contribution in [0.1, 0.15) is 12.5 Å². The third-order valence-corrected chi connectivity index (χ3v) is 4.86. The molecule has 128 valence electrons. The van der Waals surface area contributed by atoms with Crippen molar-refractivity contribution in [3.63, 3.8) is 0 Å². The summed E-state index contributed by atoms with van der Waals surface area (Å²) in [6.07, 6.45) is 3.16. The van der Waals surface area contributed by atoms with Crippen molar-refractivity contribution in [2.45, 2.75) is 6.92 Å². The van der Waals surface area contributed by atoms with Gasteiger partial charge in [0.15, 0.2) is 5.13 Å². The number of nitrogens with zero attached hydrogens (tertiary/aromatic N) is 3. The second-order valence-corrected chi connectivity index (χ2v) is 7.01. The standard InChI is InChI=1S/C17H14Cl2N4OS/c1-10(4-6-13(19)11(2)18)23(3)17(24)22-16-21-14-7-5-12(9-20)8-15(14)25-16/h4-8H,1H2,2-3H3,(H,21,22,24)/b6-4-,13-11-. The molecule has 2 amide bonds. The Morgan fingerprint density at radius 2 is 2.16 bits per heavy atom. The average Bonchev–Trinajstić information content (AvgIpc) is 2.99. The van der Waals surface area contributed by atoms with Gasteiger partial charge in [-0.25, -0.2) is 9.78 Å². The molecule has 0 aliphatic carbocycles. The van der Waals surface area contributed by atoms with E-state index in [0.717, 1.165) is 10.2 Å². The van der Waals surface area contributed by atoms with Crippen LogP contribution >= 0.6 is 34.5 Å². The molecule has 0 aliphatic rings. The van der Waals surface area contributed by atoms with Gasteiger partial charge >= 0.3 is 6.03 Å². The van der Waals surface area contributed by atoms with Gasteiger partial charge in [0.1, 0.15) is 0 Å². The van der Waals surface area contributed by atoms with E-state index < -0.39 is 6.03 Å². The van der Waals surface area contributed by atoms with Gasteiger partial charge in [0.2, 0.25) is 0 Å². The second-order valence-electron chi connectivity index (χ2n) is 5.01. The highest BCUT2D eigenvalue weighted by atomic mass is 35.5. The molecule has 1 aromatic carbocycles. The lowest BCUT2D eigenvalue weighted by Crippen LogP contribution is -2.29. The predicted octanol–water partition coefficient (Wildman–Crippen LogP) is 5.41. The number of carbonyl (C=O) groups excluding carboxylic acids is 1. The number of rotatable bonds is 4. The van der Waals surface area contributed by atoms with Gasteiger partial charge < -0.3 is 0 Å². The van der Waals surface area contributed by atoms with Gasteiger partial charge in [-0.1, -0.05) is 41.1 Å². The Kier molecular flexibility index (Phi) is 6.21. The maximum atomic E-state index is 12.3. The van der Waals surface area contributed by atoms with Crippen molar-refractivity contribution in [2.75, 3.05) is 12.4 Å². The zero-order chi connectivity index (χ0) is 18.6. The first-order chi connectivity index (χ1) is 11.8. The van der Waals surface area contributed by atoms with Gasteiger partial charge in [-0.3, -0.25) is 10.2 Å². The Bertz CT molecular complexity index is 936. The van der Waals surface area contributed by atoms with Crippen LogP contribution in [0, 0.1) is 11.3 Å². The van der Waals surface area contributed by atoms with Gasteiger partial charge in [-0.15, -0.1) is 0 Å². The number of halogens is 2. The number of urea groups is 1. The minimum Gasteiger partial charge on any atom is -0.298 e. The molecule has 1 N–H and O–H groups in total. The summed E-state index contributed by atoms with van der Waals surface area (Å²) in [6.45, 7) is 5.48. The number of fused-ring (bicyclic) bond motifs is 1. The summed E-state index contributed by atoms with van der Waals surface area (Å²) in [6, 6.07) is 6.84. The van der Waals surface area contributed by atoms with Crippen LogP contribution in [0.25, 0.3) is 10.2 Å². The average molecular weight is 393 g/mol. The summed E-state index contributed by atoms with van der Waals surface area (Å²) < 4.78 is 0.824. The third kappa shape index (κ3) is 4.83. The van der Waals surface area contributed by atoms with Crippen LogP contribution in [0.15, 0.2) is 52.7 Å². The molecule has 8 heteroatoms. The number of allylic oxidation sites excluding steroid dienone is 4. The fraction of sp³-hybridized carbons (Fsp3) is 0.118. The number of benzene rings is 1. The summed E-state index contributed by atoms with van der Waals surface area (Å²) in [7, 11) is 1.58. The highest BCUT2D eigenvalue weighted by molar-refractivity contribution is 7.22. The molecular weight excluding hydrogens is 379 g/mol. The predicted molar refractivity (Wildman–Crippen MR) is 104 cm³/mol. The van der Waals surface area contributed by atoms with Crippen molar-refractivity contribution in [3.8, 4) is 6.07 Å². The molecule has 1 aromatic heterocycles. The van der Waals surface area contributed by atoms with E-state index in [0.29, 0.717) is 26.5 Å². The lowest BCUT2D eigenvalue weighted by molar-refractivity contribution is 0.233. The Balaban J connectivity index is 2.09. The molecule has 25 heavy (non-hydrogen) atoms. The highest BCUT2D eigenvalue weighted by Gasteiger charge is 2.13. The van der Waals surface area contributed by atoms with E-state index in [2.05, 4.69) is 22.9 Å². The fourth-order valence-electron chi connectivity index (χ4n) is 1.75. The van der Waals surface area contributed by atoms with Gasteiger partial charge in [0.25, 0.3) is 0 Å². The van der Waals surface area contributed by atoms with Crippen LogP contribution in [-0.4, -0.2) is 23.0 Å². The molecule has 2 aromatic rings. The molecule has 0 saturated heterocycles. The number of hydrogen-bond acceptors (Lipinski definition) is 4. The SMILES string of the molecule is C=C(/C=C\C(Cl)=C(/C)Cl)N(C)C(=O)Nc1nc2ccc(C#N)cc2s1. The Morgan fingerprint density at radius 1 is 1.44 bits per heavy atom. The molecule has 0 spiro atoms. The maximum Gasteiger partial charge on any atom is 0.327 e. The molecule has 0 radical (unpaired) electrons. The first kappa shape index (κ1) is 19.0. The van der Waals surface area contributed by atoms with Crippen molar-refractivity contribution in [1.82, 2.24) is 9.88 Å². The summed E-state index contributed by atoms with van der Waals surface area (Å²) in [5.41, 5.74) is 1.70. The fourth-order valence-corrected chi connectivity index (χ4v) is 2.77. The number of likely N-dealkylation sites (N-methyl/N-ethyl adjacent to an activating group) is 1. The van der Waals surface area contributed by atoms with Crippen LogP contribution in [-0.2, 0) is 0 Å². The van der Waals surface area contributed by atoms with Crippen molar-refractivity contribution < 1.29 is 4.79 Å². The van der Waals surface area contributed by atoms with E-state index in [1.54, 1.807) is 44.3 Å².